The Labute approximate surface area is 87.5 Å². The lowest BCUT2D eigenvalue weighted by Crippen LogP contribution is -2.07. The first-order valence-electron chi connectivity index (χ1n) is 4.76. The third kappa shape index (κ3) is 3.16. The number of rotatable bonds is 4. The van der Waals surface area contributed by atoms with Crippen LogP contribution in [0, 0.1) is 17.6 Å². The smallest absolute Gasteiger partial charge is 0.200 e. The summed E-state index contributed by atoms with van der Waals surface area (Å²) in [7, 11) is 0. The topological polar surface area (TPSA) is 29.5 Å². The van der Waals surface area contributed by atoms with E-state index >= 15 is 0 Å². The second-order valence-corrected chi connectivity index (χ2v) is 3.75. The summed E-state index contributed by atoms with van der Waals surface area (Å²) < 4.78 is 31.3. The highest BCUT2D eigenvalue weighted by atomic mass is 19.2. The molecule has 84 valence electrons. The van der Waals surface area contributed by atoms with Gasteiger partial charge in [0, 0.05) is 0 Å². The Morgan fingerprint density at radius 1 is 1.33 bits per heavy atom. The van der Waals surface area contributed by atoms with E-state index in [0.717, 1.165) is 6.07 Å². The van der Waals surface area contributed by atoms with Crippen LogP contribution in [0.2, 0.25) is 0 Å². The van der Waals surface area contributed by atoms with Crippen LogP contribution in [0.1, 0.15) is 19.4 Å². The molecular weight excluding hydrogens is 202 g/mol. The highest BCUT2D eigenvalue weighted by Crippen LogP contribution is 2.22. The van der Waals surface area contributed by atoms with Crippen LogP contribution in [0.15, 0.2) is 12.1 Å². The van der Waals surface area contributed by atoms with Crippen LogP contribution in [0.4, 0.5) is 8.78 Å². The zero-order valence-corrected chi connectivity index (χ0v) is 8.76. The zero-order valence-electron chi connectivity index (χ0n) is 8.76. The number of hydrogen-bond acceptors (Lipinski definition) is 2. The van der Waals surface area contributed by atoms with Crippen molar-refractivity contribution in [1.29, 1.82) is 0 Å². The van der Waals surface area contributed by atoms with Gasteiger partial charge >= 0.3 is 0 Å². The first-order chi connectivity index (χ1) is 7.04. The molecule has 1 aromatic rings. The van der Waals surface area contributed by atoms with Gasteiger partial charge in [0.05, 0.1) is 13.2 Å². The van der Waals surface area contributed by atoms with Gasteiger partial charge in [-0.05, 0) is 23.6 Å². The van der Waals surface area contributed by atoms with Crippen LogP contribution in [0.25, 0.3) is 0 Å². The fourth-order valence-corrected chi connectivity index (χ4v) is 1.07. The lowest BCUT2D eigenvalue weighted by Gasteiger charge is -2.10. The van der Waals surface area contributed by atoms with Gasteiger partial charge in [-0.25, -0.2) is 4.39 Å². The standard InChI is InChI=1S/C11H14F2O2/c1-7(2)6-15-10-4-8(5-14)3-9(12)11(10)13/h3-4,7,14H,5-6H2,1-2H3. The van der Waals surface area contributed by atoms with Gasteiger partial charge in [-0.1, -0.05) is 13.8 Å². The summed E-state index contributed by atoms with van der Waals surface area (Å²) in [5.41, 5.74) is 0.299. The fraction of sp³-hybridized carbons (Fsp3) is 0.455. The van der Waals surface area contributed by atoms with Crippen molar-refractivity contribution < 1.29 is 18.6 Å². The molecule has 0 aliphatic heterocycles. The van der Waals surface area contributed by atoms with Gasteiger partial charge in [-0.2, -0.15) is 4.39 Å². The lowest BCUT2D eigenvalue weighted by molar-refractivity contribution is 0.251. The molecule has 0 spiro atoms. The van der Waals surface area contributed by atoms with Gasteiger partial charge in [0.1, 0.15) is 0 Å². The average Bonchev–Trinajstić information content (AvgIpc) is 2.19. The molecule has 15 heavy (non-hydrogen) atoms. The number of aliphatic hydroxyl groups excluding tert-OH is 1. The Bertz CT molecular complexity index is 338. The third-order valence-corrected chi connectivity index (χ3v) is 1.81. The van der Waals surface area contributed by atoms with Gasteiger partial charge < -0.3 is 9.84 Å². The summed E-state index contributed by atoms with van der Waals surface area (Å²) in [6.07, 6.45) is 0. The van der Waals surface area contributed by atoms with E-state index in [9.17, 15) is 8.78 Å². The zero-order chi connectivity index (χ0) is 11.4. The lowest BCUT2D eigenvalue weighted by atomic mass is 10.2. The first-order valence-corrected chi connectivity index (χ1v) is 4.76. The van der Waals surface area contributed by atoms with Crippen molar-refractivity contribution in [3.63, 3.8) is 0 Å². The third-order valence-electron chi connectivity index (χ3n) is 1.81. The molecule has 1 N–H and O–H groups in total. The quantitative estimate of drug-likeness (QED) is 0.837. The largest absolute Gasteiger partial charge is 0.490 e. The van der Waals surface area contributed by atoms with Crippen LogP contribution < -0.4 is 4.74 Å². The van der Waals surface area contributed by atoms with Crippen molar-refractivity contribution in [2.45, 2.75) is 20.5 Å². The molecule has 0 unspecified atom stereocenters. The number of benzene rings is 1. The van der Waals surface area contributed by atoms with Crippen LogP contribution >= 0.6 is 0 Å². The highest BCUT2D eigenvalue weighted by Gasteiger charge is 2.12. The van der Waals surface area contributed by atoms with Gasteiger partial charge in [-0.15, -0.1) is 0 Å². The number of ether oxygens (including phenoxy) is 1. The van der Waals surface area contributed by atoms with Gasteiger partial charge in [0.15, 0.2) is 11.6 Å². The Morgan fingerprint density at radius 3 is 2.53 bits per heavy atom. The Balaban J connectivity index is 2.90. The maximum Gasteiger partial charge on any atom is 0.200 e. The molecule has 0 radical (unpaired) electrons. The summed E-state index contributed by atoms with van der Waals surface area (Å²) in [6, 6.07) is 2.26. The summed E-state index contributed by atoms with van der Waals surface area (Å²) in [5.74, 6) is -1.92. The molecular formula is C11H14F2O2. The van der Waals surface area contributed by atoms with Crippen molar-refractivity contribution >= 4 is 0 Å². The van der Waals surface area contributed by atoms with Crippen LogP contribution in [0.3, 0.4) is 0 Å². The van der Waals surface area contributed by atoms with Crippen LogP contribution in [-0.2, 0) is 6.61 Å². The minimum absolute atomic E-state index is 0.146. The molecule has 0 saturated carbocycles. The van der Waals surface area contributed by atoms with E-state index in [1.165, 1.54) is 6.07 Å². The number of aliphatic hydroxyl groups is 1. The summed E-state index contributed by atoms with van der Waals surface area (Å²) in [6.45, 7) is 3.79. The second-order valence-electron chi connectivity index (χ2n) is 3.75. The minimum Gasteiger partial charge on any atom is -0.490 e. The van der Waals surface area contributed by atoms with E-state index < -0.39 is 11.6 Å². The molecule has 0 aromatic heterocycles. The number of hydrogen-bond donors (Lipinski definition) is 1. The van der Waals surface area contributed by atoms with E-state index in [-0.39, 0.29) is 18.3 Å². The van der Waals surface area contributed by atoms with Gasteiger partial charge in [0.2, 0.25) is 5.82 Å². The Hall–Kier alpha value is -1.16. The SMILES string of the molecule is CC(C)COc1cc(CO)cc(F)c1F. The Morgan fingerprint density at radius 2 is 2.00 bits per heavy atom. The summed E-state index contributed by atoms with van der Waals surface area (Å²) in [4.78, 5) is 0. The number of halogens is 2. The minimum atomic E-state index is -1.01. The molecule has 0 fully saturated rings. The molecule has 0 aliphatic rings. The van der Waals surface area contributed by atoms with Crippen LogP contribution in [0.5, 0.6) is 5.75 Å². The van der Waals surface area contributed by atoms with Crippen molar-refractivity contribution in [2.24, 2.45) is 5.92 Å². The molecule has 0 saturated heterocycles. The van der Waals surface area contributed by atoms with E-state index in [1.54, 1.807) is 0 Å². The van der Waals surface area contributed by atoms with Crippen LogP contribution in [-0.4, -0.2) is 11.7 Å². The van der Waals surface area contributed by atoms with Crippen molar-refractivity contribution in [2.75, 3.05) is 6.61 Å². The van der Waals surface area contributed by atoms with Gasteiger partial charge in [-0.3, -0.25) is 0 Å². The van der Waals surface area contributed by atoms with Crippen molar-refractivity contribution in [1.82, 2.24) is 0 Å². The molecule has 0 heterocycles. The monoisotopic (exact) mass is 216 g/mol. The molecule has 0 bridgehead atoms. The molecule has 4 heteroatoms. The molecule has 1 aromatic carbocycles. The first kappa shape index (κ1) is 11.9. The average molecular weight is 216 g/mol. The maximum atomic E-state index is 13.2. The molecule has 1 rings (SSSR count). The maximum absolute atomic E-state index is 13.2. The van der Waals surface area contributed by atoms with E-state index in [0.29, 0.717) is 12.2 Å². The molecule has 0 amide bonds. The van der Waals surface area contributed by atoms with E-state index in [2.05, 4.69) is 0 Å². The van der Waals surface area contributed by atoms with E-state index in [4.69, 9.17) is 9.84 Å². The van der Waals surface area contributed by atoms with Crippen molar-refractivity contribution in [3.05, 3.63) is 29.3 Å². The fourth-order valence-electron chi connectivity index (χ4n) is 1.07. The Kier molecular flexibility index (Phi) is 4.03. The van der Waals surface area contributed by atoms with Gasteiger partial charge in [0.25, 0.3) is 0 Å². The molecule has 0 aliphatic carbocycles. The van der Waals surface area contributed by atoms with Crippen molar-refractivity contribution in [3.8, 4) is 5.75 Å². The highest BCUT2D eigenvalue weighted by molar-refractivity contribution is 5.31. The van der Waals surface area contributed by atoms with E-state index in [1.807, 2.05) is 13.8 Å². The molecule has 2 nitrogen and oxygen atoms in total. The predicted molar refractivity (Wildman–Crippen MR) is 52.6 cm³/mol. The summed E-state index contributed by atoms with van der Waals surface area (Å²) in [5, 5.41) is 8.81. The molecule has 0 atom stereocenters. The normalized spacial score (nSPS) is 10.8. The second kappa shape index (κ2) is 5.07. The summed E-state index contributed by atoms with van der Waals surface area (Å²) >= 11 is 0. The predicted octanol–water partition coefficient (Wildman–Crippen LogP) is 2.49.